The standard InChI is InChI=1S/C28H51NO2/c1-20(2)8-6-9-21(3)23-11-12-24-22-10-13-26(31)28(5,15-7-17-29-18-19-30)25(22)14-16-27(23,24)4/h20-25,29-30H,6-19H2,1-5H3/t21-,22-,23-,24+,25-,27-,28+/m1/s1. The third-order valence-corrected chi connectivity index (χ3v) is 10.1. The molecular weight excluding hydrogens is 382 g/mol. The number of hydrogen-bond acceptors (Lipinski definition) is 3. The molecule has 0 radical (unpaired) electrons. The second-order valence-corrected chi connectivity index (χ2v) is 12.4. The Kier molecular flexibility index (Phi) is 8.69. The average molecular weight is 434 g/mol. The zero-order chi connectivity index (χ0) is 22.6. The molecule has 3 rings (SSSR count). The smallest absolute Gasteiger partial charge is 0.139 e. The van der Waals surface area contributed by atoms with Gasteiger partial charge in [0.2, 0.25) is 0 Å². The fourth-order valence-electron chi connectivity index (χ4n) is 8.41. The van der Waals surface area contributed by atoms with Crippen LogP contribution in [-0.2, 0) is 4.79 Å². The van der Waals surface area contributed by atoms with E-state index in [-0.39, 0.29) is 12.0 Å². The zero-order valence-corrected chi connectivity index (χ0v) is 21.2. The SMILES string of the molecule is CC(C)CCC[C@@H](C)[C@H]1CC[C@H]2[C@H]3CCC(=O)[C@@](C)(CCCNCCO)[C@@H]3CC[C@]12C. The largest absolute Gasteiger partial charge is 0.395 e. The molecule has 3 heteroatoms. The Morgan fingerprint density at radius 3 is 2.48 bits per heavy atom. The van der Waals surface area contributed by atoms with Crippen LogP contribution in [0.1, 0.15) is 105 Å². The molecule has 180 valence electrons. The van der Waals surface area contributed by atoms with E-state index in [0.717, 1.165) is 61.8 Å². The summed E-state index contributed by atoms with van der Waals surface area (Å²) in [5.41, 5.74) is 0.383. The third kappa shape index (κ3) is 5.24. The number of aliphatic hydroxyl groups excluding tert-OH is 1. The van der Waals surface area contributed by atoms with Crippen LogP contribution in [0.3, 0.4) is 0 Å². The first-order valence-electron chi connectivity index (χ1n) is 13.6. The number of carbonyl (C=O) groups is 1. The molecule has 7 atom stereocenters. The number of Topliss-reactive ketones (excluding diaryl/α,β-unsaturated/α-hetero) is 1. The van der Waals surface area contributed by atoms with Crippen molar-refractivity contribution in [3.8, 4) is 0 Å². The van der Waals surface area contributed by atoms with E-state index in [4.69, 9.17) is 5.11 Å². The summed E-state index contributed by atoms with van der Waals surface area (Å²) in [6.07, 6.45) is 13.6. The maximum absolute atomic E-state index is 13.1. The van der Waals surface area contributed by atoms with Gasteiger partial charge in [0.05, 0.1) is 6.61 Å². The second kappa shape index (κ2) is 10.7. The Labute approximate surface area is 192 Å². The molecule has 3 nitrogen and oxygen atoms in total. The minimum absolute atomic E-state index is 0.119. The molecule has 0 unspecified atom stereocenters. The molecule has 3 aliphatic carbocycles. The van der Waals surface area contributed by atoms with E-state index in [9.17, 15) is 4.79 Å². The topological polar surface area (TPSA) is 49.3 Å². The van der Waals surface area contributed by atoms with Crippen LogP contribution in [0.15, 0.2) is 0 Å². The summed E-state index contributed by atoms with van der Waals surface area (Å²) in [5.74, 6) is 5.29. The summed E-state index contributed by atoms with van der Waals surface area (Å²) in [5, 5.41) is 12.3. The van der Waals surface area contributed by atoms with Crippen LogP contribution >= 0.6 is 0 Å². The summed E-state index contributed by atoms with van der Waals surface area (Å²) in [6.45, 7) is 14.0. The van der Waals surface area contributed by atoms with Crippen molar-refractivity contribution in [1.29, 1.82) is 0 Å². The first-order chi connectivity index (χ1) is 14.7. The lowest BCUT2D eigenvalue weighted by atomic mass is 9.48. The first kappa shape index (κ1) is 25.2. The van der Waals surface area contributed by atoms with Crippen LogP contribution in [-0.4, -0.2) is 30.6 Å². The highest BCUT2D eigenvalue weighted by Gasteiger charge is 2.59. The van der Waals surface area contributed by atoms with Crippen LogP contribution in [0.5, 0.6) is 0 Å². The number of hydrogen-bond donors (Lipinski definition) is 2. The highest BCUT2D eigenvalue weighted by Crippen LogP contribution is 2.65. The quantitative estimate of drug-likeness (QED) is 0.379. The summed E-state index contributed by atoms with van der Waals surface area (Å²) in [4.78, 5) is 13.1. The number of aliphatic hydroxyl groups is 1. The van der Waals surface area contributed by atoms with Gasteiger partial charge in [0.25, 0.3) is 0 Å². The van der Waals surface area contributed by atoms with Crippen molar-refractivity contribution in [2.24, 2.45) is 46.3 Å². The van der Waals surface area contributed by atoms with Gasteiger partial charge in [-0.2, -0.15) is 0 Å². The van der Waals surface area contributed by atoms with E-state index in [0.29, 0.717) is 23.7 Å². The lowest BCUT2D eigenvalue weighted by Gasteiger charge is -2.56. The van der Waals surface area contributed by atoms with E-state index in [1.807, 2.05) is 0 Å². The molecule has 0 aromatic heterocycles. The number of nitrogens with one attached hydrogen (secondary N) is 1. The van der Waals surface area contributed by atoms with Crippen LogP contribution in [0, 0.1) is 46.3 Å². The van der Waals surface area contributed by atoms with Crippen molar-refractivity contribution in [2.45, 2.75) is 105 Å². The molecule has 0 aromatic rings. The van der Waals surface area contributed by atoms with Gasteiger partial charge in [-0.25, -0.2) is 0 Å². The molecule has 0 bridgehead atoms. The highest BCUT2D eigenvalue weighted by atomic mass is 16.3. The minimum atomic E-state index is -0.119. The summed E-state index contributed by atoms with van der Waals surface area (Å²) >= 11 is 0. The summed E-state index contributed by atoms with van der Waals surface area (Å²) < 4.78 is 0. The molecule has 3 fully saturated rings. The summed E-state index contributed by atoms with van der Waals surface area (Å²) in [6, 6.07) is 0. The molecule has 0 heterocycles. The predicted octanol–water partition coefficient (Wildman–Crippen LogP) is 6.24. The van der Waals surface area contributed by atoms with Crippen molar-refractivity contribution in [3.05, 3.63) is 0 Å². The number of carbonyl (C=O) groups excluding carboxylic acids is 1. The van der Waals surface area contributed by atoms with E-state index in [1.165, 1.54) is 44.9 Å². The maximum atomic E-state index is 13.1. The van der Waals surface area contributed by atoms with Gasteiger partial charge >= 0.3 is 0 Å². The fraction of sp³-hybridized carbons (Fsp3) is 0.964. The number of ketones is 1. The average Bonchev–Trinajstić information content (AvgIpc) is 3.07. The molecule has 2 N–H and O–H groups in total. The normalized spacial score (nSPS) is 38.9. The van der Waals surface area contributed by atoms with Crippen molar-refractivity contribution < 1.29 is 9.90 Å². The molecule has 0 amide bonds. The molecule has 0 aromatic carbocycles. The van der Waals surface area contributed by atoms with Gasteiger partial charge < -0.3 is 10.4 Å². The Morgan fingerprint density at radius 2 is 1.77 bits per heavy atom. The van der Waals surface area contributed by atoms with Gasteiger partial charge in [0, 0.05) is 18.4 Å². The zero-order valence-electron chi connectivity index (χ0n) is 21.2. The lowest BCUT2D eigenvalue weighted by molar-refractivity contribution is -0.146. The molecule has 0 saturated heterocycles. The van der Waals surface area contributed by atoms with Crippen molar-refractivity contribution in [2.75, 3.05) is 19.7 Å². The van der Waals surface area contributed by atoms with Gasteiger partial charge in [-0.15, -0.1) is 0 Å². The molecule has 3 aliphatic rings. The Hall–Kier alpha value is -0.410. The number of fused-ring (bicyclic) bond motifs is 3. The van der Waals surface area contributed by atoms with Crippen molar-refractivity contribution >= 4 is 5.78 Å². The van der Waals surface area contributed by atoms with E-state index >= 15 is 0 Å². The minimum Gasteiger partial charge on any atom is -0.395 e. The number of rotatable bonds is 11. The monoisotopic (exact) mass is 433 g/mol. The van der Waals surface area contributed by atoms with Gasteiger partial charge in [0.15, 0.2) is 0 Å². The van der Waals surface area contributed by atoms with Crippen molar-refractivity contribution in [1.82, 2.24) is 5.32 Å². The Balaban J connectivity index is 1.65. The third-order valence-electron chi connectivity index (χ3n) is 10.1. The van der Waals surface area contributed by atoms with Gasteiger partial charge in [-0.3, -0.25) is 4.79 Å². The van der Waals surface area contributed by atoms with Crippen LogP contribution in [0.25, 0.3) is 0 Å². The second-order valence-electron chi connectivity index (χ2n) is 12.4. The predicted molar refractivity (Wildman–Crippen MR) is 130 cm³/mol. The van der Waals surface area contributed by atoms with Gasteiger partial charge in [0.1, 0.15) is 5.78 Å². The van der Waals surface area contributed by atoms with E-state index in [2.05, 4.69) is 39.9 Å². The van der Waals surface area contributed by atoms with Crippen LogP contribution < -0.4 is 5.32 Å². The molecular formula is C28H51NO2. The van der Waals surface area contributed by atoms with Crippen molar-refractivity contribution in [3.63, 3.8) is 0 Å². The summed E-state index contributed by atoms with van der Waals surface area (Å²) in [7, 11) is 0. The van der Waals surface area contributed by atoms with E-state index in [1.54, 1.807) is 0 Å². The first-order valence-corrected chi connectivity index (χ1v) is 13.6. The maximum Gasteiger partial charge on any atom is 0.139 e. The molecule has 31 heavy (non-hydrogen) atoms. The van der Waals surface area contributed by atoms with Gasteiger partial charge in [-0.1, -0.05) is 53.9 Å². The van der Waals surface area contributed by atoms with Gasteiger partial charge in [-0.05, 0) is 92.4 Å². The fourth-order valence-corrected chi connectivity index (χ4v) is 8.41. The Morgan fingerprint density at radius 1 is 1.00 bits per heavy atom. The molecule has 3 saturated carbocycles. The molecule has 0 aliphatic heterocycles. The van der Waals surface area contributed by atoms with Crippen LogP contribution in [0.4, 0.5) is 0 Å². The van der Waals surface area contributed by atoms with E-state index < -0.39 is 0 Å². The molecule has 0 spiro atoms. The lowest BCUT2D eigenvalue weighted by Crippen LogP contribution is -2.52. The Bertz CT molecular complexity index is 590. The van der Waals surface area contributed by atoms with Crippen LogP contribution in [0.2, 0.25) is 0 Å². The highest BCUT2D eigenvalue weighted by molar-refractivity contribution is 5.85.